The zero-order chi connectivity index (χ0) is 24.6. The molecule has 1 amide bonds. The summed E-state index contributed by atoms with van der Waals surface area (Å²) in [5.74, 6) is -0.217. The van der Waals surface area contributed by atoms with Gasteiger partial charge in [0.05, 0.1) is 18.4 Å². The molecule has 0 aliphatic carbocycles. The number of aliphatic hydroxyl groups excluding tert-OH is 1. The van der Waals surface area contributed by atoms with Gasteiger partial charge in [-0.25, -0.2) is 0 Å². The first-order chi connectivity index (χ1) is 16.2. The van der Waals surface area contributed by atoms with Gasteiger partial charge in [0, 0.05) is 11.3 Å². The lowest BCUT2D eigenvalue weighted by molar-refractivity contribution is -0.132. The molecule has 1 aliphatic rings. The number of carbonyl (C=O) groups excluding carboxylic acids is 2. The Morgan fingerprint density at radius 3 is 2.44 bits per heavy atom. The summed E-state index contributed by atoms with van der Waals surface area (Å²) in [6, 6.07) is 13.4. The number of benzene rings is 2. The maximum Gasteiger partial charge on any atom is 0.300 e. The zero-order valence-corrected chi connectivity index (χ0v) is 20.1. The second kappa shape index (κ2) is 9.21. The highest BCUT2D eigenvalue weighted by atomic mass is 16.5. The minimum absolute atomic E-state index is 0.00447. The van der Waals surface area contributed by atoms with E-state index < -0.39 is 17.7 Å². The van der Waals surface area contributed by atoms with Gasteiger partial charge in [0.15, 0.2) is 0 Å². The zero-order valence-electron chi connectivity index (χ0n) is 20.1. The molecule has 0 spiro atoms. The van der Waals surface area contributed by atoms with Crippen LogP contribution in [0.3, 0.4) is 0 Å². The topological polar surface area (TPSA) is 80.0 Å². The second-order valence-corrected chi connectivity index (χ2v) is 9.16. The molecular formula is C28H29NO5. The Kier molecular flexibility index (Phi) is 6.33. The maximum absolute atomic E-state index is 13.2. The molecular weight excluding hydrogens is 430 g/mol. The van der Waals surface area contributed by atoms with Gasteiger partial charge in [-0.15, -0.1) is 0 Å². The summed E-state index contributed by atoms with van der Waals surface area (Å²) in [6.45, 7) is 10.4. The molecule has 34 heavy (non-hydrogen) atoms. The summed E-state index contributed by atoms with van der Waals surface area (Å²) in [5, 5.41) is 11.3. The van der Waals surface area contributed by atoms with Crippen molar-refractivity contribution in [3.63, 3.8) is 0 Å². The normalized spacial score (nSPS) is 17.6. The number of furan rings is 1. The molecule has 176 valence electrons. The van der Waals surface area contributed by atoms with Gasteiger partial charge < -0.3 is 14.3 Å². The third kappa shape index (κ3) is 4.23. The number of hydrogen-bond acceptors (Lipinski definition) is 5. The van der Waals surface area contributed by atoms with Crippen LogP contribution in [0.5, 0.6) is 5.75 Å². The van der Waals surface area contributed by atoms with Crippen LogP contribution in [0.1, 0.15) is 47.9 Å². The number of ether oxygens (including phenoxy) is 1. The van der Waals surface area contributed by atoms with Gasteiger partial charge in [-0.3, -0.25) is 14.5 Å². The fourth-order valence-electron chi connectivity index (χ4n) is 4.24. The summed E-state index contributed by atoms with van der Waals surface area (Å²) in [7, 11) is 0. The largest absolute Gasteiger partial charge is 0.507 e. The van der Waals surface area contributed by atoms with E-state index in [2.05, 4.69) is 13.8 Å². The Bertz CT molecular complexity index is 1270. The molecule has 2 aromatic carbocycles. The second-order valence-electron chi connectivity index (χ2n) is 9.16. The summed E-state index contributed by atoms with van der Waals surface area (Å²) in [6.07, 6.45) is 1.49. The molecule has 0 radical (unpaired) electrons. The molecule has 3 aromatic rings. The van der Waals surface area contributed by atoms with Crippen molar-refractivity contribution in [2.24, 2.45) is 5.92 Å². The highest BCUT2D eigenvalue weighted by Gasteiger charge is 2.48. The number of carbonyl (C=O) groups is 2. The highest BCUT2D eigenvalue weighted by Crippen LogP contribution is 2.43. The summed E-state index contributed by atoms with van der Waals surface area (Å²) >= 11 is 0. The van der Waals surface area contributed by atoms with Crippen LogP contribution in [0.4, 0.5) is 5.69 Å². The van der Waals surface area contributed by atoms with Crippen molar-refractivity contribution in [2.45, 2.75) is 40.7 Å². The molecule has 1 aromatic heterocycles. The highest BCUT2D eigenvalue weighted by molar-refractivity contribution is 6.51. The van der Waals surface area contributed by atoms with E-state index in [1.165, 1.54) is 11.2 Å². The van der Waals surface area contributed by atoms with Crippen molar-refractivity contribution in [3.8, 4) is 5.75 Å². The molecule has 6 heteroatoms. The number of rotatable bonds is 6. The maximum atomic E-state index is 13.2. The molecule has 1 aliphatic heterocycles. The molecule has 1 N–H and O–H groups in total. The number of aryl methyl sites for hydroxylation is 3. The molecule has 4 rings (SSSR count). The van der Waals surface area contributed by atoms with Gasteiger partial charge in [-0.1, -0.05) is 31.5 Å². The third-order valence-electron chi connectivity index (χ3n) is 5.89. The van der Waals surface area contributed by atoms with Crippen LogP contribution < -0.4 is 9.64 Å². The Morgan fingerprint density at radius 1 is 1.06 bits per heavy atom. The molecule has 6 nitrogen and oxygen atoms in total. The van der Waals surface area contributed by atoms with Crippen LogP contribution in [0.25, 0.3) is 5.76 Å². The number of ketones is 1. The van der Waals surface area contributed by atoms with Crippen LogP contribution in [0, 0.1) is 26.7 Å². The number of amides is 1. The molecule has 2 heterocycles. The molecule has 1 atom stereocenters. The Hall–Kier alpha value is -3.80. The van der Waals surface area contributed by atoms with Gasteiger partial charge in [0.25, 0.3) is 11.7 Å². The molecule has 1 unspecified atom stereocenters. The van der Waals surface area contributed by atoms with E-state index in [0.717, 1.165) is 16.7 Å². The lowest BCUT2D eigenvalue weighted by Crippen LogP contribution is -2.30. The standard InChI is InChI=1S/C28H29NO5/c1-16(2)15-34-22-11-9-20(14-19(22)5)26(30)24-25(23-7-6-12-33-23)29(28(32)27(24)31)21-10-8-17(3)13-18(21)4/h6-14,16,25,30H,15H2,1-5H3/b26-24-. The van der Waals surface area contributed by atoms with Crippen molar-refractivity contribution >= 4 is 23.1 Å². The smallest absolute Gasteiger partial charge is 0.300 e. The minimum atomic E-state index is -0.881. The van der Waals surface area contributed by atoms with Crippen LogP contribution >= 0.6 is 0 Å². The predicted octanol–water partition coefficient (Wildman–Crippen LogP) is 5.87. The van der Waals surface area contributed by atoms with E-state index in [9.17, 15) is 14.7 Å². The van der Waals surface area contributed by atoms with Crippen LogP contribution in [0.15, 0.2) is 64.8 Å². The third-order valence-corrected chi connectivity index (χ3v) is 5.89. The average molecular weight is 460 g/mol. The van der Waals surface area contributed by atoms with E-state index in [0.29, 0.717) is 35.3 Å². The minimum Gasteiger partial charge on any atom is -0.507 e. The number of anilines is 1. The first kappa shape index (κ1) is 23.4. The van der Waals surface area contributed by atoms with Crippen molar-refractivity contribution in [1.29, 1.82) is 0 Å². The van der Waals surface area contributed by atoms with Gasteiger partial charge in [0.2, 0.25) is 0 Å². The van der Waals surface area contributed by atoms with Crippen LogP contribution in [-0.2, 0) is 9.59 Å². The quantitative estimate of drug-likeness (QED) is 0.283. The molecule has 1 fully saturated rings. The van der Waals surface area contributed by atoms with Crippen molar-refractivity contribution in [2.75, 3.05) is 11.5 Å². The SMILES string of the molecule is Cc1ccc(N2C(=O)C(=O)/C(=C(\O)c3ccc(OCC(C)C)c(C)c3)C2c2ccco2)c(C)c1. The fourth-order valence-corrected chi connectivity index (χ4v) is 4.24. The van der Waals surface area contributed by atoms with E-state index >= 15 is 0 Å². The van der Waals surface area contributed by atoms with Crippen molar-refractivity contribution in [3.05, 3.63) is 88.4 Å². The van der Waals surface area contributed by atoms with E-state index in [1.54, 1.807) is 30.3 Å². The average Bonchev–Trinajstić information content (AvgIpc) is 3.40. The van der Waals surface area contributed by atoms with E-state index in [1.807, 2.05) is 39.0 Å². The first-order valence-corrected chi connectivity index (χ1v) is 11.3. The molecule has 0 saturated carbocycles. The summed E-state index contributed by atoms with van der Waals surface area (Å²) in [5.41, 5.74) is 3.74. The number of hydrogen-bond donors (Lipinski definition) is 1. The van der Waals surface area contributed by atoms with Crippen LogP contribution in [-0.4, -0.2) is 23.4 Å². The van der Waals surface area contributed by atoms with Gasteiger partial charge in [-0.2, -0.15) is 0 Å². The summed E-state index contributed by atoms with van der Waals surface area (Å²) in [4.78, 5) is 27.9. The van der Waals surface area contributed by atoms with E-state index in [4.69, 9.17) is 9.15 Å². The monoisotopic (exact) mass is 459 g/mol. The van der Waals surface area contributed by atoms with Crippen LogP contribution in [0.2, 0.25) is 0 Å². The lowest BCUT2D eigenvalue weighted by Gasteiger charge is -2.25. The molecule has 1 saturated heterocycles. The number of aliphatic hydroxyl groups is 1. The van der Waals surface area contributed by atoms with Crippen molar-refractivity contribution in [1.82, 2.24) is 0 Å². The van der Waals surface area contributed by atoms with E-state index in [-0.39, 0.29) is 11.3 Å². The van der Waals surface area contributed by atoms with Gasteiger partial charge in [0.1, 0.15) is 23.3 Å². The number of Topliss-reactive ketones (excluding diaryl/α,β-unsaturated/α-hetero) is 1. The fraction of sp³-hybridized carbons (Fsp3) is 0.286. The predicted molar refractivity (Wildman–Crippen MR) is 131 cm³/mol. The van der Waals surface area contributed by atoms with Gasteiger partial charge >= 0.3 is 0 Å². The number of nitrogens with zero attached hydrogens (tertiary/aromatic N) is 1. The Balaban J connectivity index is 1.83. The first-order valence-electron chi connectivity index (χ1n) is 11.3. The molecule has 0 bridgehead atoms. The Labute approximate surface area is 199 Å². The summed E-state index contributed by atoms with van der Waals surface area (Å²) < 4.78 is 11.5. The lowest BCUT2D eigenvalue weighted by atomic mass is 9.98. The van der Waals surface area contributed by atoms with Crippen molar-refractivity contribution < 1.29 is 23.8 Å². The van der Waals surface area contributed by atoms with Gasteiger partial charge in [-0.05, 0) is 74.2 Å². The Morgan fingerprint density at radius 2 is 1.82 bits per heavy atom.